The Hall–Kier alpha value is -0.900. The summed E-state index contributed by atoms with van der Waals surface area (Å²) in [5, 5.41) is 3.43. The topological polar surface area (TPSA) is 12.0 Å². The monoisotopic (exact) mass is 297 g/mol. The van der Waals surface area contributed by atoms with Crippen LogP contribution in [-0.2, 0) is 0 Å². The number of aryl methyl sites for hydroxylation is 2. The Morgan fingerprint density at radius 1 is 1.26 bits per heavy atom. The third kappa shape index (κ3) is 3.16. The summed E-state index contributed by atoms with van der Waals surface area (Å²) < 4.78 is 14.2. The van der Waals surface area contributed by atoms with Crippen molar-refractivity contribution in [3.63, 3.8) is 0 Å². The molecule has 1 N–H and O–H groups in total. The van der Waals surface area contributed by atoms with Gasteiger partial charge in [0.2, 0.25) is 0 Å². The van der Waals surface area contributed by atoms with Crippen molar-refractivity contribution < 1.29 is 4.39 Å². The molecule has 2 rings (SSSR count). The first-order valence-electron chi connectivity index (χ1n) is 6.28. The zero-order chi connectivity index (χ0) is 14.0. The molecule has 2 aromatic rings. The normalized spacial score (nSPS) is 12.7. The number of hydrogen-bond acceptors (Lipinski definition) is 2. The highest BCUT2D eigenvalue weighted by atomic mass is 35.5. The molecule has 1 atom stereocenters. The van der Waals surface area contributed by atoms with Gasteiger partial charge < -0.3 is 5.32 Å². The molecule has 0 aliphatic rings. The van der Waals surface area contributed by atoms with Gasteiger partial charge in [-0.25, -0.2) is 4.39 Å². The lowest BCUT2D eigenvalue weighted by atomic mass is 10.0. The van der Waals surface area contributed by atoms with Gasteiger partial charge in [-0.15, -0.1) is 11.3 Å². The first-order chi connectivity index (χ1) is 9.02. The largest absolute Gasteiger partial charge is 0.306 e. The minimum Gasteiger partial charge on any atom is -0.306 e. The van der Waals surface area contributed by atoms with Crippen molar-refractivity contribution in [3.05, 3.63) is 56.0 Å². The number of rotatable bonds is 4. The van der Waals surface area contributed by atoms with E-state index in [4.69, 9.17) is 11.6 Å². The molecule has 1 aromatic carbocycles. The number of nitrogens with one attached hydrogen (secondary N) is 1. The molecule has 19 heavy (non-hydrogen) atoms. The van der Waals surface area contributed by atoms with Gasteiger partial charge in [0.15, 0.2) is 0 Å². The molecule has 1 heterocycles. The molecule has 0 aliphatic heterocycles. The van der Waals surface area contributed by atoms with Crippen molar-refractivity contribution in [3.8, 4) is 0 Å². The molecule has 0 amide bonds. The van der Waals surface area contributed by atoms with Crippen LogP contribution in [0.3, 0.4) is 0 Å². The maximum atomic E-state index is 13.4. The second-order valence-corrected chi connectivity index (χ2v) is 6.29. The Balaban J connectivity index is 2.41. The molecule has 0 spiro atoms. The van der Waals surface area contributed by atoms with Crippen LogP contribution >= 0.6 is 22.9 Å². The Morgan fingerprint density at radius 3 is 2.53 bits per heavy atom. The summed E-state index contributed by atoms with van der Waals surface area (Å²) in [6.45, 7) is 6.69. The summed E-state index contributed by atoms with van der Waals surface area (Å²) in [5.41, 5.74) is 2.82. The van der Waals surface area contributed by atoms with Gasteiger partial charge in [0.05, 0.1) is 10.4 Å². The summed E-state index contributed by atoms with van der Waals surface area (Å²) in [6.07, 6.45) is 0. The molecule has 1 nitrogen and oxygen atoms in total. The second-order valence-electron chi connectivity index (χ2n) is 4.60. The lowest BCUT2D eigenvalue weighted by Gasteiger charge is -2.17. The average molecular weight is 298 g/mol. The highest BCUT2D eigenvalue weighted by Crippen LogP contribution is 2.34. The summed E-state index contributed by atoms with van der Waals surface area (Å²) in [7, 11) is 0. The van der Waals surface area contributed by atoms with Crippen molar-refractivity contribution >= 4 is 22.9 Å². The van der Waals surface area contributed by atoms with E-state index in [0.29, 0.717) is 5.56 Å². The predicted molar refractivity (Wildman–Crippen MR) is 80.7 cm³/mol. The highest BCUT2D eigenvalue weighted by Gasteiger charge is 2.17. The molecule has 1 unspecified atom stereocenters. The third-order valence-corrected chi connectivity index (χ3v) is 4.70. The van der Waals surface area contributed by atoms with Crippen molar-refractivity contribution in [1.29, 1.82) is 0 Å². The average Bonchev–Trinajstić information content (AvgIpc) is 2.70. The van der Waals surface area contributed by atoms with Crippen molar-refractivity contribution in [2.24, 2.45) is 0 Å². The van der Waals surface area contributed by atoms with Gasteiger partial charge >= 0.3 is 0 Å². The van der Waals surface area contributed by atoms with Crippen LogP contribution in [0.25, 0.3) is 0 Å². The molecule has 0 saturated carbocycles. The Kier molecular flexibility index (Phi) is 4.61. The van der Waals surface area contributed by atoms with E-state index in [1.165, 1.54) is 6.07 Å². The molecular weight excluding hydrogens is 281 g/mol. The highest BCUT2D eigenvalue weighted by molar-refractivity contribution is 7.16. The number of hydrogen-bond donors (Lipinski definition) is 1. The molecule has 0 bridgehead atoms. The van der Waals surface area contributed by atoms with E-state index >= 15 is 0 Å². The van der Waals surface area contributed by atoms with Gasteiger partial charge in [-0.1, -0.05) is 30.7 Å². The fourth-order valence-electron chi connectivity index (χ4n) is 2.06. The van der Waals surface area contributed by atoms with Crippen molar-refractivity contribution in [1.82, 2.24) is 5.32 Å². The molecule has 0 radical (unpaired) electrons. The maximum absolute atomic E-state index is 13.4. The van der Waals surface area contributed by atoms with E-state index in [1.54, 1.807) is 18.3 Å². The van der Waals surface area contributed by atoms with E-state index in [0.717, 1.165) is 26.9 Å². The predicted octanol–water partition coefficient (Wildman–Crippen LogP) is 4.86. The van der Waals surface area contributed by atoms with Crippen LogP contribution in [0.4, 0.5) is 4.39 Å². The van der Waals surface area contributed by atoms with Gasteiger partial charge in [-0.05, 0) is 49.2 Å². The van der Waals surface area contributed by atoms with E-state index in [2.05, 4.69) is 18.3 Å². The van der Waals surface area contributed by atoms with Crippen LogP contribution in [0.1, 0.15) is 34.5 Å². The zero-order valence-corrected chi connectivity index (χ0v) is 12.8. The summed E-state index contributed by atoms with van der Waals surface area (Å²) in [6, 6.07) is 7.42. The molecule has 0 saturated heterocycles. The minimum atomic E-state index is -0.167. The van der Waals surface area contributed by atoms with Gasteiger partial charge in [0.25, 0.3) is 0 Å². The Bertz CT molecular complexity index is 560. The minimum absolute atomic E-state index is 0.0699. The summed E-state index contributed by atoms with van der Waals surface area (Å²) in [4.78, 5) is 1.16. The smallest absolute Gasteiger partial charge is 0.126 e. The van der Waals surface area contributed by atoms with Gasteiger partial charge in [-0.2, -0.15) is 0 Å². The third-order valence-electron chi connectivity index (χ3n) is 3.08. The van der Waals surface area contributed by atoms with Crippen molar-refractivity contribution in [2.45, 2.75) is 26.8 Å². The number of halogens is 2. The van der Waals surface area contributed by atoms with E-state index in [-0.39, 0.29) is 11.9 Å². The van der Waals surface area contributed by atoms with Crippen LogP contribution in [-0.4, -0.2) is 6.54 Å². The van der Waals surface area contributed by atoms with E-state index < -0.39 is 0 Å². The lowest BCUT2D eigenvalue weighted by molar-refractivity contribution is 0.609. The maximum Gasteiger partial charge on any atom is 0.126 e. The lowest BCUT2D eigenvalue weighted by Crippen LogP contribution is -2.21. The van der Waals surface area contributed by atoms with Crippen molar-refractivity contribution in [2.75, 3.05) is 6.54 Å². The van der Waals surface area contributed by atoms with Crippen LogP contribution in [0, 0.1) is 19.7 Å². The first-order valence-corrected chi connectivity index (χ1v) is 7.47. The van der Waals surface area contributed by atoms with E-state index in [1.807, 2.05) is 19.1 Å². The fraction of sp³-hybridized carbons (Fsp3) is 0.333. The zero-order valence-electron chi connectivity index (χ0n) is 11.3. The SMILES string of the molecule is CCNC(c1ccc(F)c(C)c1)c1cc(C)c(Cl)s1. The fourth-order valence-corrected chi connectivity index (χ4v) is 3.38. The van der Waals surface area contributed by atoms with Crippen LogP contribution < -0.4 is 5.32 Å². The van der Waals surface area contributed by atoms with Crippen LogP contribution in [0.15, 0.2) is 24.3 Å². The second kappa shape index (κ2) is 6.04. The van der Waals surface area contributed by atoms with Crippen LogP contribution in [0.2, 0.25) is 4.34 Å². The van der Waals surface area contributed by atoms with Gasteiger partial charge in [0, 0.05) is 4.88 Å². The first kappa shape index (κ1) is 14.5. The van der Waals surface area contributed by atoms with Gasteiger partial charge in [-0.3, -0.25) is 0 Å². The summed E-state index contributed by atoms with van der Waals surface area (Å²) in [5.74, 6) is -0.167. The molecule has 1 aromatic heterocycles. The van der Waals surface area contributed by atoms with Crippen LogP contribution in [0.5, 0.6) is 0 Å². The number of benzene rings is 1. The van der Waals surface area contributed by atoms with Gasteiger partial charge in [0.1, 0.15) is 5.82 Å². The number of thiophene rings is 1. The molecule has 0 aliphatic carbocycles. The quantitative estimate of drug-likeness (QED) is 0.850. The molecule has 4 heteroatoms. The Morgan fingerprint density at radius 2 is 2.00 bits per heavy atom. The summed E-state index contributed by atoms with van der Waals surface area (Å²) >= 11 is 7.72. The standard InChI is InChI=1S/C15H17ClFNS/c1-4-18-14(13-8-10(3)15(16)19-13)11-5-6-12(17)9(2)7-11/h5-8,14,18H,4H2,1-3H3. The Labute approximate surface area is 122 Å². The molecule has 0 fully saturated rings. The molecule has 102 valence electrons. The van der Waals surface area contributed by atoms with E-state index in [9.17, 15) is 4.39 Å². The molecular formula is C15H17ClFNS.